The normalized spacial score (nSPS) is 24.2. The van der Waals surface area contributed by atoms with Gasteiger partial charge < -0.3 is 9.80 Å². The third-order valence-corrected chi connectivity index (χ3v) is 5.41. The van der Waals surface area contributed by atoms with Crippen molar-refractivity contribution in [2.24, 2.45) is 11.8 Å². The summed E-state index contributed by atoms with van der Waals surface area (Å²) in [6, 6.07) is 8.03. The Morgan fingerprint density at radius 2 is 1.62 bits per heavy atom. The third-order valence-electron chi connectivity index (χ3n) is 5.41. The van der Waals surface area contributed by atoms with E-state index in [-0.39, 0.29) is 11.7 Å². The van der Waals surface area contributed by atoms with E-state index in [4.69, 9.17) is 0 Å². The lowest BCUT2D eigenvalue weighted by molar-refractivity contribution is -0.135. The van der Waals surface area contributed by atoms with Crippen molar-refractivity contribution in [3.05, 3.63) is 35.4 Å². The number of likely N-dealkylation sites (tertiary alicyclic amines) is 2. The first kappa shape index (κ1) is 17.2. The van der Waals surface area contributed by atoms with Gasteiger partial charge in [0.2, 0.25) is 5.91 Å². The van der Waals surface area contributed by atoms with E-state index in [2.05, 4.69) is 23.6 Å². The van der Waals surface area contributed by atoms with Gasteiger partial charge in [0.25, 0.3) is 0 Å². The highest BCUT2D eigenvalue weighted by Gasteiger charge is 2.36. The lowest BCUT2D eigenvalue weighted by Crippen LogP contribution is -2.55. The Kier molecular flexibility index (Phi) is 5.04. The van der Waals surface area contributed by atoms with Crippen molar-refractivity contribution in [3.8, 4) is 0 Å². The van der Waals surface area contributed by atoms with Gasteiger partial charge in [-0.05, 0) is 44.6 Å². The van der Waals surface area contributed by atoms with Crippen LogP contribution in [0.3, 0.4) is 0 Å². The molecule has 4 nitrogen and oxygen atoms in total. The molecule has 130 valence electrons. The number of Topliss-reactive ketones (excluding diaryl/α,β-unsaturated/α-hetero) is 1. The molecule has 0 N–H and O–H groups in total. The molecule has 0 spiro atoms. The molecule has 2 fully saturated rings. The molecule has 1 aromatic rings. The van der Waals surface area contributed by atoms with Crippen LogP contribution in [-0.2, 0) is 11.2 Å². The molecule has 0 radical (unpaired) electrons. The molecule has 2 heterocycles. The summed E-state index contributed by atoms with van der Waals surface area (Å²) in [5, 5.41) is 0. The van der Waals surface area contributed by atoms with Crippen LogP contribution in [0.25, 0.3) is 0 Å². The minimum absolute atomic E-state index is 0.0615. The fraction of sp³-hybridized carbons (Fsp3) is 0.600. The summed E-state index contributed by atoms with van der Waals surface area (Å²) in [5.41, 5.74) is 1.69. The topological polar surface area (TPSA) is 40.6 Å². The molecule has 0 aliphatic carbocycles. The molecule has 1 amide bonds. The molecule has 2 aliphatic heterocycles. The van der Waals surface area contributed by atoms with Crippen LogP contribution in [0.1, 0.15) is 43.1 Å². The van der Waals surface area contributed by atoms with Gasteiger partial charge in [-0.15, -0.1) is 0 Å². The summed E-state index contributed by atoms with van der Waals surface area (Å²) in [4.78, 5) is 28.6. The SMILES string of the molecule is CC(=O)c1ccc(CC(=O)N2CC3CC(C2)CN(C(C)C)C3)cc1. The second kappa shape index (κ2) is 7.06. The van der Waals surface area contributed by atoms with Crippen LogP contribution >= 0.6 is 0 Å². The highest BCUT2D eigenvalue weighted by molar-refractivity contribution is 5.94. The number of amides is 1. The van der Waals surface area contributed by atoms with E-state index in [0.717, 1.165) is 31.7 Å². The zero-order valence-corrected chi connectivity index (χ0v) is 15.0. The Bertz CT molecular complexity index is 595. The Labute approximate surface area is 144 Å². The monoisotopic (exact) mass is 328 g/mol. The lowest BCUT2D eigenvalue weighted by atomic mass is 9.84. The first-order chi connectivity index (χ1) is 11.4. The van der Waals surface area contributed by atoms with Crippen LogP contribution in [0.4, 0.5) is 0 Å². The van der Waals surface area contributed by atoms with E-state index in [1.54, 1.807) is 6.92 Å². The maximum Gasteiger partial charge on any atom is 0.227 e. The van der Waals surface area contributed by atoms with Gasteiger partial charge in [0.05, 0.1) is 6.42 Å². The van der Waals surface area contributed by atoms with Crippen LogP contribution < -0.4 is 0 Å². The van der Waals surface area contributed by atoms with E-state index < -0.39 is 0 Å². The van der Waals surface area contributed by atoms with E-state index >= 15 is 0 Å². The predicted molar refractivity (Wildman–Crippen MR) is 95.0 cm³/mol. The van der Waals surface area contributed by atoms with Crippen LogP contribution in [0.2, 0.25) is 0 Å². The first-order valence-electron chi connectivity index (χ1n) is 9.04. The minimum Gasteiger partial charge on any atom is -0.342 e. The maximum absolute atomic E-state index is 12.7. The number of piperidine rings is 2. The molecule has 0 aromatic heterocycles. The largest absolute Gasteiger partial charge is 0.342 e. The van der Waals surface area contributed by atoms with Crippen molar-refractivity contribution in [3.63, 3.8) is 0 Å². The summed E-state index contributed by atoms with van der Waals surface area (Å²) < 4.78 is 0. The molecule has 2 bridgehead atoms. The van der Waals surface area contributed by atoms with Crippen molar-refractivity contribution >= 4 is 11.7 Å². The van der Waals surface area contributed by atoms with Crippen molar-refractivity contribution in [1.82, 2.24) is 9.80 Å². The number of ketones is 1. The van der Waals surface area contributed by atoms with Crippen molar-refractivity contribution in [2.75, 3.05) is 26.2 Å². The standard InChI is InChI=1S/C20H28N2O2/c1-14(2)21-10-17-8-18(11-21)13-22(12-17)20(24)9-16-4-6-19(7-5-16)15(3)23/h4-7,14,17-18H,8-13H2,1-3H3. The van der Waals surface area contributed by atoms with Gasteiger partial charge in [-0.2, -0.15) is 0 Å². The number of fused-ring (bicyclic) bond motifs is 2. The van der Waals surface area contributed by atoms with Gasteiger partial charge >= 0.3 is 0 Å². The average molecular weight is 328 g/mol. The maximum atomic E-state index is 12.7. The molecule has 0 saturated carbocycles. The Balaban J connectivity index is 1.59. The Morgan fingerprint density at radius 3 is 2.12 bits per heavy atom. The number of carbonyl (C=O) groups is 2. The molecule has 2 atom stereocenters. The van der Waals surface area contributed by atoms with E-state index in [9.17, 15) is 9.59 Å². The summed E-state index contributed by atoms with van der Waals surface area (Å²) >= 11 is 0. The quantitative estimate of drug-likeness (QED) is 0.798. The van der Waals surface area contributed by atoms with E-state index in [1.165, 1.54) is 6.42 Å². The summed E-state index contributed by atoms with van der Waals surface area (Å²) in [6.45, 7) is 10.1. The predicted octanol–water partition coefficient (Wildman–Crippen LogP) is 2.62. The summed E-state index contributed by atoms with van der Waals surface area (Å²) in [5.74, 6) is 1.51. The van der Waals surface area contributed by atoms with Crippen LogP contribution in [0, 0.1) is 11.8 Å². The first-order valence-corrected chi connectivity index (χ1v) is 9.04. The number of carbonyl (C=O) groups excluding carboxylic acids is 2. The molecule has 2 saturated heterocycles. The molecule has 2 unspecified atom stereocenters. The molecule has 24 heavy (non-hydrogen) atoms. The van der Waals surface area contributed by atoms with Crippen molar-refractivity contribution in [2.45, 2.75) is 39.7 Å². The average Bonchev–Trinajstić information content (AvgIpc) is 2.54. The second-order valence-corrected chi connectivity index (χ2v) is 7.74. The highest BCUT2D eigenvalue weighted by Crippen LogP contribution is 2.29. The molecule has 3 rings (SSSR count). The van der Waals surface area contributed by atoms with Gasteiger partial charge in [-0.25, -0.2) is 0 Å². The number of hydrogen-bond donors (Lipinski definition) is 0. The van der Waals surface area contributed by atoms with Crippen LogP contribution in [0.5, 0.6) is 0 Å². The number of nitrogens with zero attached hydrogens (tertiary/aromatic N) is 2. The summed E-state index contributed by atoms with van der Waals surface area (Å²) in [6.07, 6.45) is 1.70. The van der Waals surface area contributed by atoms with Gasteiger partial charge in [0, 0.05) is 37.8 Å². The third kappa shape index (κ3) is 3.86. The van der Waals surface area contributed by atoms with Gasteiger partial charge in [0.1, 0.15) is 0 Å². The fourth-order valence-electron chi connectivity index (χ4n) is 4.09. The second-order valence-electron chi connectivity index (χ2n) is 7.74. The zero-order valence-electron chi connectivity index (χ0n) is 15.0. The fourth-order valence-corrected chi connectivity index (χ4v) is 4.09. The van der Waals surface area contributed by atoms with Crippen molar-refractivity contribution < 1.29 is 9.59 Å². The van der Waals surface area contributed by atoms with E-state index in [1.807, 2.05) is 24.3 Å². The minimum atomic E-state index is 0.0615. The Hall–Kier alpha value is -1.68. The van der Waals surface area contributed by atoms with E-state index in [0.29, 0.717) is 29.9 Å². The van der Waals surface area contributed by atoms with Gasteiger partial charge in [-0.1, -0.05) is 24.3 Å². The lowest BCUT2D eigenvalue weighted by Gasteiger charge is -2.47. The molecule has 4 heteroatoms. The Morgan fingerprint density at radius 1 is 1.04 bits per heavy atom. The smallest absolute Gasteiger partial charge is 0.227 e. The molecule has 1 aromatic carbocycles. The molecular formula is C20H28N2O2. The highest BCUT2D eigenvalue weighted by atomic mass is 16.2. The van der Waals surface area contributed by atoms with Crippen molar-refractivity contribution in [1.29, 1.82) is 0 Å². The number of hydrogen-bond acceptors (Lipinski definition) is 3. The molecule has 2 aliphatic rings. The van der Waals surface area contributed by atoms with Gasteiger partial charge in [-0.3, -0.25) is 9.59 Å². The number of benzene rings is 1. The van der Waals surface area contributed by atoms with Gasteiger partial charge in [0.15, 0.2) is 5.78 Å². The van der Waals surface area contributed by atoms with Crippen LogP contribution in [-0.4, -0.2) is 53.7 Å². The summed E-state index contributed by atoms with van der Waals surface area (Å²) in [7, 11) is 0. The van der Waals surface area contributed by atoms with Crippen LogP contribution in [0.15, 0.2) is 24.3 Å². The zero-order chi connectivity index (χ0) is 17.3. The number of rotatable bonds is 4. The molecular weight excluding hydrogens is 300 g/mol.